The fourth-order valence-corrected chi connectivity index (χ4v) is 2.08. The smallest absolute Gasteiger partial charge is 0.165 e. The van der Waals surface area contributed by atoms with Crippen molar-refractivity contribution in [1.29, 1.82) is 0 Å². The highest BCUT2D eigenvalue weighted by Crippen LogP contribution is 2.41. The molecule has 0 amide bonds. The molecule has 1 heterocycles. The summed E-state index contributed by atoms with van der Waals surface area (Å²) in [7, 11) is 0. The Morgan fingerprint density at radius 2 is 2.25 bits per heavy atom. The molecule has 0 saturated carbocycles. The maximum Gasteiger partial charge on any atom is 0.165 e. The van der Waals surface area contributed by atoms with Crippen molar-refractivity contribution in [1.82, 2.24) is 0 Å². The third-order valence-electron chi connectivity index (χ3n) is 2.61. The van der Waals surface area contributed by atoms with Gasteiger partial charge >= 0.3 is 0 Å². The summed E-state index contributed by atoms with van der Waals surface area (Å²) in [4.78, 5) is 0. The summed E-state index contributed by atoms with van der Waals surface area (Å²) in [6.07, 6.45) is 1.91. The Morgan fingerprint density at radius 1 is 1.44 bits per heavy atom. The van der Waals surface area contributed by atoms with Crippen LogP contribution in [0.4, 0.5) is 0 Å². The van der Waals surface area contributed by atoms with Crippen LogP contribution >= 0.6 is 12.6 Å². The van der Waals surface area contributed by atoms with E-state index in [2.05, 4.69) is 32.5 Å². The predicted octanol–water partition coefficient (Wildman–Crippen LogP) is 3.10. The first-order chi connectivity index (χ1) is 7.62. The van der Waals surface area contributed by atoms with E-state index in [0.29, 0.717) is 6.61 Å². The van der Waals surface area contributed by atoms with E-state index < -0.39 is 0 Å². The van der Waals surface area contributed by atoms with Gasteiger partial charge in [0.1, 0.15) is 5.60 Å². The van der Waals surface area contributed by atoms with E-state index in [1.54, 1.807) is 0 Å². The van der Waals surface area contributed by atoms with Crippen LogP contribution in [0.5, 0.6) is 11.5 Å². The van der Waals surface area contributed by atoms with Gasteiger partial charge in [-0.3, -0.25) is 0 Å². The van der Waals surface area contributed by atoms with E-state index in [1.165, 1.54) is 5.56 Å². The number of hydrogen-bond acceptors (Lipinski definition) is 3. The summed E-state index contributed by atoms with van der Waals surface area (Å²) < 4.78 is 11.6. The molecule has 3 heteroatoms. The van der Waals surface area contributed by atoms with Gasteiger partial charge in [-0.2, -0.15) is 12.6 Å². The van der Waals surface area contributed by atoms with Crippen molar-refractivity contribution in [2.45, 2.75) is 32.3 Å². The van der Waals surface area contributed by atoms with Gasteiger partial charge in [-0.1, -0.05) is 12.1 Å². The third kappa shape index (κ3) is 2.46. The first-order valence-electron chi connectivity index (χ1n) is 5.67. The molecule has 0 N–H and O–H groups in total. The zero-order chi connectivity index (χ0) is 11.6. The zero-order valence-corrected chi connectivity index (χ0v) is 10.7. The number of rotatable bonds is 4. The summed E-state index contributed by atoms with van der Waals surface area (Å²) in [5.74, 6) is 2.64. The van der Waals surface area contributed by atoms with Crippen molar-refractivity contribution in [3.63, 3.8) is 0 Å². The number of hydrogen-bond donors (Lipinski definition) is 1. The van der Waals surface area contributed by atoms with Crippen LogP contribution in [0.25, 0.3) is 0 Å². The Morgan fingerprint density at radius 3 is 3.00 bits per heavy atom. The lowest BCUT2D eigenvalue weighted by Crippen LogP contribution is -2.24. The van der Waals surface area contributed by atoms with E-state index >= 15 is 0 Å². The van der Waals surface area contributed by atoms with Crippen LogP contribution in [0.2, 0.25) is 0 Å². The fraction of sp³-hybridized carbons (Fsp3) is 0.538. The van der Waals surface area contributed by atoms with E-state index in [-0.39, 0.29) is 5.60 Å². The second kappa shape index (κ2) is 4.58. The van der Waals surface area contributed by atoms with E-state index in [9.17, 15) is 0 Å². The molecule has 0 aliphatic carbocycles. The maximum absolute atomic E-state index is 5.91. The molecule has 1 aromatic rings. The first kappa shape index (κ1) is 11.6. The highest BCUT2D eigenvalue weighted by Gasteiger charge is 2.32. The molecule has 16 heavy (non-hydrogen) atoms. The van der Waals surface area contributed by atoms with Crippen LogP contribution in [0.3, 0.4) is 0 Å². The number of benzene rings is 1. The Balaban J connectivity index is 2.14. The molecular formula is C13H18O2S. The average Bonchev–Trinajstić information content (AvgIpc) is 2.53. The SMILES string of the molecule is CC1(C)Cc2cccc(OCCCS)c2O1. The summed E-state index contributed by atoms with van der Waals surface area (Å²) >= 11 is 4.16. The molecule has 0 atom stereocenters. The average molecular weight is 238 g/mol. The van der Waals surface area contributed by atoms with Gasteiger partial charge in [-0.15, -0.1) is 0 Å². The minimum Gasteiger partial charge on any atom is -0.490 e. The molecule has 0 fully saturated rings. The number of ether oxygens (including phenoxy) is 2. The van der Waals surface area contributed by atoms with E-state index in [0.717, 1.165) is 30.1 Å². The Hall–Kier alpha value is -0.830. The molecule has 1 aliphatic heterocycles. The van der Waals surface area contributed by atoms with Crippen molar-refractivity contribution < 1.29 is 9.47 Å². The number of fused-ring (bicyclic) bond motifs is 1. The monoisotopic (exact) mass is 238 g/mol. The van der Waals surface area contributed by atoms with Crippen LogP contribution in [0.15, 0.2) is 18.2 Å². The Labute approximate surface area is 102 Å². The predicted molar refractivity (Wildman–Crippen MR) is 68.8 cm³/mol. The highest BCUT2D eigenvalue weighted by atomic mass is 32.1. The summed E-state index contributed by atoms with van der Waals surface area (Å²) in [5, 5.41) is 0. The quantitative estimate of drug-likeness (QED) is 0.642. The van der Waals surface area contributed by atoms with E-state index in [1.807, 2.05) is 12.1 Å². The van der Waals surface area contributed by atoms with Crippen LogP contribution < -0.4 is 9.47 Å². The Bertz CT molecular complexity index is 374. The van der Waals surface area contributed by atoms with Gasteiger partial charge in [0.05, 0.1) is 6.61 Å². The normalized spacial score (nSPS) is 16.7. The second-order valence-electron chi connectivity index (χ2n) is 4.71. The minimum atomic E-state index is -0.106. The summed E-state index contributed by atoms with van der Waals surface area (Å²) in [5.41, 5.74) is 1.14. The Kier molecular flexibility index (Phi) is 3.33. The lowest BCUT2D eigenvalue weighted by atomic mass is 10.0. The topological polar surface area (TPSA) is 18.5 Å². The standard InChI is InChI=1S/C13H18O2S/c1-13(2)9-10-5-3-6-11(12(10)15-13)14-7-4-8-16/h3,5-6,16H,4,7-9H2,1-2H3. The lowest BCUT2D eigenvalue weighted by molar-refractivity contribution is 0.132. The molecule has 1 aromatic carbocycles. The largest absolute Gasteiger partial charge is 0.490 e. The number of thiol groups is 1. The molecule has 1 aliphatic rings. The summed E-state index contributed by atoms with van der Waals surface area (Å²) in [6.45, 7) is 4.90. The van der Waals surface area contributed by atoms with Gasteiger partial charge in [-0.05, 0) is 32.1 Å². The van der Waals surface area contributed by atoms with Gasteiger partial charge in [-0.25, -0.2) is 0 Å². The van der Waals surface area contributed by atoms with Crippen LogP contribution in [-0.2, 0) is 6.42 Å². The molecule has 0 saturated heterocycles. The highest BCUT2D eigenvalue weighted by molar-refractivity contribution is 7.80. The fourth-order valence-electron chi connectivity index (χ4n) is 1.95. The van der Waals surface area contributed by atoms with Gasteiger partial charge in [0.25, 0.3) is 0 Å². The third-order valence-corrected chi connectivity index (χ3v) is 2.93. The zero-order valence-electron chi connectivity index (χ0n) is 9.82. The molecule has 0 aromatic heterocycles. The van der Waals surface area contributed by atoms with Crippen LogP contribution in [0, 0.1) is 0 Å². The molecule has 0 unspecified atom stereocenters. The maximum atomic E-state index is 5.91. The van der Waals surface area contributed by atoms with Gasteiger partial charge in [0, 0.05) is 12.0 Å². The van der Waals surface area contributed by atoms with E-state index in [4.69, 9.17) is 9.47 Å². The van der Waals surface area contributed by atoms with Crippen molar-refractivity contribution in [2.24, 2.45) is 0 Å². The molecule has 88 valence electrons. The van der Waals surface area contributed by atoms with Crippen molar-refractivity contribution in [2.75, 3.05) is 12.4 Å². The molecule has 2 nitrogen and oxygen atoms in total. The minimum absolute atomic E-state index is 0.106. The lowest BCUT2D eigenvalue weighted by Gasteiger charge is -2.18. The molecule has 0 radical (unpaired) electrons. The first-order valence-corrected chi connectivity index (χ1v) is 6.30. The van der Waals surface area contributed by atoms with Gasteiger partial charge in [0.2, 0.25) is 0 Å². The van der Waals surface area contributed by atoms with Crippen molar-refractivity contribution in [3.8, 4) is 11.5 Å². The molecule has 0 spiro atoms. The summed E-state index contributed by atoms with van der Waals surface area (Å²) in [6, 6.07) is 6.11. The second-order valence-corrected chi connectivity index (χ2v) is 5.16. The van der Waals surface area contributed by atoms with Crippen LogP contribution in [-0.4, -0.2) is 18.0 Å². The molecule has 2 rings (SSSR count). The molecular weight excluding hydrogens is 220 g/mol. The van der Waals surface area contributed by atoms with Crippen molar-refractivity contribution >= 4 is 12.6 Å². The van der Waals surface area contributed by atoms with Crippen LogP contribution in [0.1, 0.15) is 25.8 Å². The van der Waals surface area contributed by atoms with Gasteiger partial charge < -0.3 is 9.47 Å². The van der Waals surface area contributed by atoms with Gasteiger partial charge in [0.15, 0.2) is 11.5 Å². The van der Waals surface area contributed by atoms with Crippen molar-refractivity contribution in [3.05, 3.63) is 23.8 Å². The number of para-hydroxylation sites is 1. The molecule has 0 bridgehead atoms.